The average molecular weight is 371 g/mol. The number of hydrogen-bond acceptors (Lipinski definition) is 3. The van der Waals surface area contributed by atoms with Gasteiger partial charge in [-0.15, -0.1) is 0 Å². The van der Waals surface area contributed by atoms with Crippen LogP contribution in [0.3, 0.4) is 0 Å². The molecule has 0 radical (unpaired) electrons. The summed E-state index contributed by atoms with van der Waals surface area (Å²) in [7, 11) is 0. The lowest BCUT2D eigenvalue weighted by atomic mass is 10.1. The number of rotatable bonds is 5. The van der Waals surface area contributed by atoms with Gasteiger partial charge < -0.3 is 10.2 Å². The van der Waals surface area contributed by atoms with Gasteiger partial charge in [0.15, 0.2) is 0 Å². The molecule has 0 spiro atoms. The van der Waals surface area contributed by atoms with E-state index in [0.29, 0.717) is 24.9 Å². The smallest absolute Gasteiger partial charge is 0.259 e. The standard InChI is InChI=1S/C23H21N3O2/c27-22(11-8-17-5-2-1-3-6-17)25-20-9-10-21-18(15-20)12-14-26(21)23(28)19-7-4-13-24-16-19/h1-7,9-10,13,15-16H,8,11-12,14H2,(H,25,27). The van der Waals surface area contributed by atoms with Crippen molar-refractivity contribution >= 4 is 23.2 Å². The van der Waals surface area contributed by atoms with Gasteiger partial charge in [-0.05, 0) is 54.3 Å². The van der Waals surface area contributed by atoms with Crippen molar-refractivity contribution in [2.24, 2.45) is 0 Å². The molecule has 3 aromatic rings. The summed E-state index contributed by atoms with van der Waals surface area (Å²) >= 11 is 0. The van der Waals surface area contributed by atoms with Crippen LogP contribution < -0.4 is 10.2 Å². The van der Waals surface area contributed by atoms with Crippen LogP contribution in [0.15, 0.2) is 73.1 Å². The maximum atomic E-state index is 12.7. The van der Waals surface area contributed by atoms with Crippen LogP contribution in [0.2, 0.25) is 0 Å². The first-order valence-electron chi connectivity index (χ1n) is 9.39. The van der Waals surface area contributed by atoms with Crippen molar-refractivity contribution in [2.45, 2.75) is 19.3 Å². The van der Waals surface area contributed by atoms with E-state index in [1.165, 1.54) is 0 Å². The molecule has 2 aromatic carbocycles. The molecule has 1 aromatic heterocycles. The molecule has 0 saturated carbocycles. The normalized spacial score (nSPS) is 12.5. The Labute approximate surface area is 164 Å². The zero-order valence-corrected chi connectivity index (χ0v) is 15.5. The third-order valence-corrected chi connectivity index (χ3v) is 4.90. The summed E-state index contributed by atoms with van der Waals surface area (Å²) in [6, 6.07) is 19.2. The summed E-state index contributed by atoms with van der Waals surface area (Å²) in [6.07, 6.45) is 5.16. The minimum Gasteiger partial charge on any atom is -0.326 e. The summed E-state index contributed by atoms with van der Waals surface area (Å²) in [5.41, 5.74) is 4.46. The summed E-state index contributed by atoms with van der Waals surface area (Å²) in [4.78, 5) is 30.8. The Morgan fingerprint density at radius 3 is 2.68 bits per heavy atom. The highest BCUT2D eigenvalue weighted by Gasteiger charge is 2.26. The van der Waals surface area contributed by atoms with Crippen molar-refractivity contribution in [1.82, 2.24) is 4.98 Å². The first kappa shape index (κ1) is 17.9. The number of nitrogens with one attached hydrogen (secondary N) is 1. The molecule has 0 atom stereocenters. The molecule has 2 heterocycles. The van der Waals surface area contributed by atoms with Crippen molar-refractivity contribution in [3.63, 3.8) is 0 Å². The lowest BCUT2D eigenvalue weighted by Gasteiger charge is -2.17. The fourth-order valence-electron chi connectivity index (χ4n) is 3.46. The highest BCUT2D eigenvalue weighted by Crippen LogP contribution is 2.31. The zero-order chi connectivity index (χ0) is 19.3. The SMILES string of the molecule is O=C(CCc1ccccc1)Nc1ccc2c(c1)CCN2C(=O)c1cccnc1. The van der Waals surface area contributed by atoms with E-state index < -0.39 is 0 Å². The molecular formula is C23H21N3O2. The van der Waals surface area contributed by atoms with Crippen molar-refractivity contribution in [1.29, 1.82) is 0 Å². The van der Waals surface area contributed by atoms with Crippen LogP contribution in [-0.4, -0.2) is 23.3 Å². The van der Waals surface area contributed by atoms with Crippen LogP contribution in [0.25, 0.3) is 0 Å². The third kappa shape index (κ3) is 3.93. The number of aromatic nitrogens is 1. The van der Waals surface area contributed by atoms with Crippen molar-refractivity contribution in [3.8, 4) is 0 Å². The van der Waals surface area contributed by atoms with Crippen molar-refractivity contribution in [3.05, 3.63) is 89.7 Å². The Bertz CT molecular complexity index is 987. The second-order valence-corrected chi connectivity index (χ2v) is 6.83. The summed E-state index contributed by atoms with van der Waals surface area (Å²) in [5, 5.41) is 2.97. The van der Waals surface area contributed by atoms with Crippen LogP contribution in [0, 0.1) is 0 Å². The topological polar surface area (TPSA) is 62.3 Å². The molecule has 1 N–H and O–H groups in total. The van der Waals surface area contributed by atoms with Crippen LogP contribution in [0.4, 0.5) is 11.4 Å². The molecule has 1 aliphatic heterocycles. The maximum Gasteiger partial charge on any atom is 0.259 e. The number of nitrogens with zero attached hydrogens (tertiary/aromatic N) is 2. The fourth-order valence-corrected chi connectivity index (χ4v) is 3.46. The van der Waals surface area contributed by atoms with Crippen molar-refractivity contribution < 1.29 is 9.59 Å². The van der Waals surface area contributed by atoms with E-state index >= 15 is 0 Å². The van der Waals surface area contributed by atoms with Gasteiger partial charge in [0.1, 0.15) is 0 Å². The van der Waals surface area contributed by atoms with E-state index in [9.17, 15) is 9.59 Å². The first-order chi connectivity index (χ1) is 13.7. The van der Waals surface area contributed by atoms with Gasteiger partial charge in [-0.2, -0.15) is 0 Å². The average Bonchev–Trinajstić information content (AvgIpc) is 3.16. The predicted molar refractivity (Wildman–Crippen MR) is 109 cm³/mol. The molecule has 0 aliphatic carbocycles. The second kappa shape index (κ2) is 8.05. The molecule has 2 amide bonds. The van der Waals surface area contributed by atoms with Gasteiger partial charge in [-0.3, -0.25) is 14.6 Å². The Morgan fingerprint density at radius 1 is 1.04 bits per heavy atom. The second-order valence-electron chi connectivity index (χ2n) is 6.83. The highest BCUT2D eigenvalue weighted by atomic mass is 16.2. The van der Waals surface area contributed by atoms with Crippen LogP contribution in [0.5, 0.6) is 0 Å². The minimum absolute atomic E-state index is 0.00917. The number of anilines is 2. The zero-order valence-electron chi connectivity index (χ0n) is 15.5. The number of hydrogen-bond donors (Lipinski definition) is 1. The maximum absolute atomic E-state index is 12.7. The summed E-state index contributed by atoms with van der Waals surface area (Å²) in [6.45, 7) is 0.633. The Balaban J connectivity index is 1.41. The van der Waals surface area contributed by atoms with E-state index in [-0.39, 0.29) is 11.8 Å². The summed E-state index contributed by atoms with van der Waals surface area (Å²) < 4.78 is 0. The molecule has 5 nitrogen and oxygen atoms in total. The van der Waals surface area contributed by atoms with Gasteiger partial charge >= 0.3 is 0 Å². The third-order valence-electron chi connectivity index (χ3n) is 4.90. The van der Waals surface area contributed by atoms with Gasteiger partial charge in [-0.1, -0.05) is 30.3 Å². The lowest BCUT2D eigenvalue weighted by Crippen LogP contribution is -2.28. The van der Waals surface area contributed by atoms with Crippen LogP contribution in [-0.2, 0) is 17.6 Å². The number of aryl methyl sites for hydroxylation is 1. The van der Waals surface area contributed by atoms with E-state index in [1.807, 2.05) is 48.5 Å². The molecule has 5 heteroatoms. The Hall–Kier alpha value is -3.47. The first-order valence-corrected chi connectivity index (χ1v) is 9.39. The Kier molecular flexibility index (Phi) is 5.15. The van der Waals surface area contributed by atoms with E-state index in [1.54, 1.807) is 29.4 Å². The molecular weight excluding hydrogens is 350 g/mol. The van der Waals surface area contributed by atoms with E-state index in [2.05, 4.69) is 10.3 Å². The van der Waals surface area contributed by atoms with Gasteiger partial charge in [0.05, 0.1) is 5.56 Å². The number of carbonyl (C=O) groups excluding carboxylic acids is 2. The van der Waals surface area contributed by atoms with Gasteiger partial charge in [0.2, 0.25) is 5.91 Å². The monoisotopic (exact) mass is 371 g/mol. The van der Waals surface area contributed by atoms with Gasteiger partial charge in [0.25, 0.3) is 5.91 Å². The minimum atomic E-state index is -0.0495. The predicted octanol–water partition coefficient (Wildman–Crippen LogP) is 3.86. The van der Waals surface area contributed by atoms with E-state index in [4.69, 9.17) is 0 Å². The van der Waals surface area contributed by atoms with Gasteiger partial charge in [-0.25, -0.2) is 0 Å². The number of amides is 2. The molecule has 0 fully saturated rings. The molecule has 140 valence electrons. The fraction of sp³-hybridized carbons (Fsp3) is 0.174. The molecule has 0 bridgehead atoms. The number of pyridine rings is 1. The lowest BCUT2D eigenvalue weighted by molar-refractivity contribution is -0.116. The Morgan fingerprint density at radius 2 is 1.89 bits per heavy atom. The van der Waals surface area contributed by atoms with E-state index in [0.717, 1.165) is 28.9 Å². The quantitative estimate of drug-likeness (QED) is 0.741. The summed E-state index contributed by atoms with van der Waals surface area (Å²) in [5.74, 6) is -0.0587. The highest BCUT2D eigenvalue weighted by molar-refractivity contribution is 6.07. The number of carbonyl (C=O) groups is 2. The van der Waals surface area contributed by atoms with Crippen molar-refractivity contribution in [2.75, 3.05) is 16.8 Å². The van der Waals surface area contributed by atoms with Gasteiger partial charge in [0, 0.05) is 36.7 Å². The number of benzene rings is 2. The van der Waals surface area contributed by atoms with Crippen LogP contribution >= 0.6 is 0 Å². The molecule has 28 heavy (non-hydrogen) atoms. The number of fused-ring (bicyclic) bond motifs is 1. The molecule has 0 unspecified atom stereocenters. The molecule has 4 rings (SSSR count). The largest absolute Gasteiger partial charge is 0.326 e. The van der Waals surface area contributed by atoms with Crippen LogP contribution in [0.1, 0.15) is 27.9 Å². The molecule has 1 aliphatic rings. The molecule has 0 saturated heterocycles.